The van der Waals surface area contributed by atoms with Crippen LogP contribution in [0.2, 0.25) is 0 Å². The van der Waals surface area contributed by atoms with Crippen LogP contribution in [-0.4, -0.2) is 19.8 Å². The van der Waals surface area contributed by atoms with Gasteiger partial charge in [-0.25, -0.2) is 0 Å². The van der Waals surface area contributed by atoms with Gasteiger partial charge in [0, 0.05) is 0 Å². The lowest BCUT2D eigenvalue weighted by molar-refractivity contribution is 0.219. The third kappa shape index (κ3) is 9.75. The third-order valence-electron chi connectivity index (χ3n) is 4.28. The second-order valence-corrected chi connectivity index (χ2v) is 9.37. The second-order valence-electron chi connectivity index (χ2n) is 7.32. The van der Waals surface area contributed by atoms with Crippen molar-refractivity contribution in [1.29, 1.82) is 0 Å². The molecule has 1 aromatic rings. The van der Waals surface area contributed by atoms with E-state index in [1.54, 1.807) is 0 Å². The smallest absolute Gasteiger partial charge is 0.335 e. The highest BCUT2D eigenvalue weighted by molar-refractivity contribution is 7.53. The van der Waals surface area contributed by atoms with Crippen molar-refractivity contribution in [2.24, 2.45) is 11.8 Å². The van der Waals surface area contributed by atoms with Crippen LogP contribution < -0.4 is 4.74 Å². The van der Waals surface area contributed by atoms with Crippen LogP contribution >= 0.6 is 7.60 Å². The molecule has 0 aliphatic rings. The number of hydrogen-bond donors (Lipinski definition) is 0. The average Bonchev–Trinajstić information content (AvgIpc) is 2.55. The highest BCUT2D eigenvalue weighted by atomic mass is 31.2. The molecule has 0 saturated carbocycles. The zero-order chi connectivity index (χ0) is 19.4. The van der Waals surface area contributed by atoms with Crippen molar-refractivity contribution in [1.82, 2.24) is 0 Å². The van der Waals surface area contributed by atoms with Crippen molar-refractivity contribution in [2.75, 3.05) is 19.8 Å². The zero-order valence-electron chi connectivity index (χ0n) is 17.2. The average molecular weight is 384 g/mol. The third-order valence-corrected chi connectivity index (χ3v) is 6.34. The van der Waals surface area contributed by atoms with Crippen LogP contribution in [0.15, 0.2) is 24.3 Å². The first kappa shape index (κ1) is 23.2. The summed E-state index contributed by atoms with van der Waals surface area (Å²) in [6, 6.07) is 7.75. The number of benzene rings is 1. The van der Waals surface area contributed by atoms with Gasteiger partial charge in [-0.3, -0.25) is 4.57 Å². The van der Waals surface area contributed by atoms with Gasteiger partial charge in [0.15, 0.2) is 0 Å². The second kappa shape index (κ2) is 12.5. The summed E-state index contributed by atoms with van der Waals surface area (Å²) in [6.07, 6.45) is 5.18. The SMILES string of the molecule is CCOP(=O)(Cc1cccc(OCCC(C)CCCC(C)C)c1)OCC. The van der Waals surface area contributed by atoms with E-state index in [1.807, 2.05) is 38.1 Å². The molecule has 150 valence electrons. The molecular formula is C21H37O4P. The largest absolute Gasteiger partial charge is 0.494 e. The van der Waals surface area contributed by atoms with Crippen LogP contribution in [0.5, 0.6) is 5.75 Å². The first-order chi connectivity index (χ1) is 12.4. The molecule has 0 radical (unpaired) electrons. The minimum Gasteiger partial charge on any atom is -0.494 e. The Morgan fingerprint density at radius 1 is 1.00 bits per heavy atom. The van der Waals surface area contributed by atoms with E-state index in [2.05, 4.69) is 20.8 Å². The molecular weight excluding hydrogens is 347 g/mol. The molecule has 0 heterocycles. The van der Waals surface area contributed by atoms with Crippen molar-refractivity contribution in [2.45, 2.75) is 66.5 Å². The fraction of sp³-hybridized carbons (Fsp3) is 0.714. The minimum absolute atomic E-state index is 0.275. The van der Waals surface area contributed by atoms with Crippen molar-refractivity contribution >= 4 is 7.60 Å². The molecule has 4 nitrogen and oxygen atoms in total. The number of rotatable bonds is 14. The van der Waals surface area contributed by atoms with Gasteiger partial charge in [-0.2, -0.15) is 0 Å². The first-order valence-corrected chi connectivity index (χ1v) is 11.7. The summed E-state index contributed by atoms with van der Waals surface area (Å²) >= 11 is 0. The van der Waals surface area contributed by atoms with Gasteiger partial charge in [-0.05, 0) is 49.8 Å². The highest BCUT2D eigenvalue weighted by Crippen LogP contribution is 2.51. The maximum Gasteiger partial charge on any atom is 0.335 e. The molecule has 1 unspecified atom stereocenters. The van der Waals surface area contributed by atoms with E-state index in [0.717, 1.165) is 23.7 Å². The van der Waals surface area contributed by atoms with E-state index in [4.69, 9.17) is 13.8 Å². The highest BCUT2D eigenvalue weighted by Gasteiger charge is 2.24. The van der Waals surface area contributed by atoms with E-state index < -0.39 is 7.60 Å². The molecule has 26 heavy (non-hydrogen) atoms. The van der Waals surface area contributed by atoms with Gasteiger partial charge in [0.25, 0.3) is 0 Å². The molecule has 0 spiro atoms. The normalized spacial score (nSPS) is 13.2. The van der Waals surface area contributed by atoms with Gasteiger partial charge in [-0.1, -0.05) is 52.2 Å². The van der Waals surface area contributed by atoms with Gasteiger partial charge in [0.05, 0.1) is 26.0 Å². The standard InChI is InChI=1S/C21H37O4P/c1-6-24-26(22,25-7-2)17-20-12-9-13-21(16-20)23-15-14-19(5)11-8-10-18(3)4/h9,12-13,16,18-19H,6-8,10-11,14-15,17H2,1-5H3. The maximum absolute atomic E-state index is 12.7. The van der Waals surface area contributed by atoms with Crippen molar-refractivity contribution in [3.63, 3.8) is 0 Å². The Labute approximate surface area is 160 Å². The Morgan fingerprint density at radius 2 is 1.69 bits per heavy atom. The van der Waals surface area contributed by atoms with E-state index in [0.29, 0.717) is 25.7 Å². The van der Waals surface area contributed by atoms with Crippen LogP contribution in [0.1, 0.15) is 65.9 Å². The molecule has 1 rings (SSSR count). The summed E-state index contributed by atoms with van der Waals surface area (Å²) in [4.78, 5) is 0. The van der Waals surface area contributed by atoms with E-state index in [-0.39, 0.29) is 6.16 Å². The minimum atomic E-state index is -3.08. The van der Waals surface area contributed by atoms with Crippen LogP contribution in [0.25, 0.3) is 0 Å². The number of ether oxygens (including phenoxy) is 1. The van der Waals surface area contributed by atoms with Crippen molar-refractivity contribution < 1.29 is 18.3 Å². The monoisotopic (exact) mass is 384 g/mol. The molecule has 1 aromatic carbocycles. The molecule has 0 aliphatic carbocycles. The first-order valence-electron chi connectivity index (χ1n) is 9.98. The number of hydrogen-bond acceptors (Lipinski definition) is 4. The van der Waals surface area contributed by atoms with Crippen LogP contribution in [0.3, 0.4) is 0 Å². The lowest BCUT2D eigenvalue weighted by atomic mass is 9.98. The lowest BCUT2D eigenvalue weighted by Gasteiger charge is -2.17. The predicted molar refractivity (Wildman–Crippen MR) is 109 cm³/mol. The summed E-state index contributed by atoms with van der Waals surface area (Å²) in [5.41, 5.74) is 0.915. The quantitative estimate of drug-likeness (QED) is 0.335. The van der Waals surface area contributed by atoms with E-state index in [1.165, 1.54) is 19.3 Å². The van der Waals surface area contributed by atoms with Gasteiger partial charge >= 0.3 is 7.60 Å². The summed E-state index contributed by atoms with van der Waals surface area (Å²) in [5, 5.41) is 0. The molecule has 0 saturated heterocycles. The van der Waals surface area contributed by atoms with Crippen LogP contribution in [-0.2, 0) is 19.8 Å². The topological polar surface area (TPSA) is 44.8 Å². The lowest BCUT2D eigenvalue weighted by Crippen LogP contribution is -2.05. The van der Waals surface area contributed by atoms with Gasteiger partial charge in [0.2, 0.25) is 0 Å². The molecule has 0 aliphatic heterocycles. The summed E-state index contributed by atoms with van der Waals surface area (Å²) < 4.78 is 29.3. The van der Waals surface area contributed by atoms with E-state index in [9.17, 15) is 4.57 Å². The van der Waals surface area contributed by atoms with Crippen molar-refractivity contribution in [3.05, 3.63) is 29.8 Å². The Balaban J connectivity index is 2.47. The van der Waals surface area contributed by atoms with Gasteiger partial charge in [0.1, 0.15) is 5.75 Å². The Kier molecular flexibility index (Phi) is 11.2. The molecule has 5 heteroatoms. The fourth-order valence-corrected chi connectivity index (χ4v) is 4.56. The summed E-state index contributed by atoms with van der Waals surface area (Å²) in [6.45, 7) is 12.0. The van der Waals surface area contributed by atoms with Crippen molar-refractivity contribution in [3.8, 4) is 5.75 Å². The molecule has 0 aromatic heterocycles. The van der Waals surface area contributed by atoms with Gasteiger partial charge in [-0.15, -0.1) is 0 Å². The fourth-order valence-electron chi connectivity index (χ4n) is 2.88. The summed E-state index contributed by atoms with van der Waals surface area (Å²) in [7, 11) is -3.08. The molecule has 1 atom stereocenters. The molecule has 0 bridgehead atoms. The Hall–Kier alpha value is -0.830. The van der Waals surface area contributed by atoms with Crippen LogP contribution in [0, 0.1) is 11.8 Å². The Morgan fingerprint density at radius 3 is 2.31 bits per heavy atom. The van der Waals surface area contributed by atoms with E-state index >= 15 is 0 Å². The maximum atomic E-state index is 12.7. The molecule has 0 amide bonds. The predicted octanol–water partition coefficient (Wildman–Crippen LogP) is 6.68. The summed E-state index contributed by atoms with van der Waals surface area (Å²) in [5.74, 6) is 2.27. The van der Waals surface area contributed by atoms with Gasteiger partial charge < -0.3 is 13.8 Å². The molecule has 0 N–H and O–H groups in total. The zero-order valence-corrected chi connectivity index (χ0v) is 18.1. The van der Waals surface area contributed by atoms with Crippen LogP contribution in [0.4, 0.5) is 0 Å². The molecule has 0 fully saturated rings. The Bertz CT molecular complexity index is 535.